The van der Waals surface area contributed by atoms with Crippen molar-refractivity contribution >= 4 is 5.91 Å². The van der Waals surface area contributed by atoms with E-state index in [1.54, 1.807) is 0 Å². The van der Waals surface area contributed by atoms with Gasteiger partial charge in [-0.25, -0.2) is 0 Å². The molecule has 2 N–H and O–H groups in total. The predicted molar refractivity (Wildman–Crippen MR) is 31.8 cm³/mol. The zero-order valence-corrected chi connectivity index (χ0v) is 6.54. The van der Waals surface area contributed by atoms with Gasteiger partial charge in [0, 0.05) is 0 Å². The fraction of sp³-hybridized carbons (Fsp3) is 0.833. The highest BCUT2D eigenvalue weighted by Crippen LogP contribution is 2.69. The number of alkyl halides is 6. The first-order valence-electron chi connectivity index (χ1n) is 3.47. The van der Waals surface area contributed by atoms with Gasteiger partial charge in [-0.3, -0.25) is 4.79 Å². The highest BCUT2D eigenvalue weighted by molar-refractivity contribution is 5.81. The minimum atomic E-state index is -5.48. The zero-order valence-electron chi connectivity index (χ0n) is 6.54. The van der Waals surface area contributed by atoms with Crippen LogP contribution >= 0.6 is 0 Å². The Morgan fingerprint density at radius 3 is 1.57 bits per heavy atom. The molecular formula is C6H5F6NO. The number of carbonyl (C=O) groups excluding carboxylic acids is 1. The molecule has 0 aromatic rings. The van der Waals surface area contributed by atoms with Crippen molar-refractivity contribution in [1.82, 2.24) is 0 Å². The molecule has 0 aromatic heterocycles. The monoisotopic (exact) mass is 221 g/mol. The van der Waals surface area contributed by atoms with Crippen molar-refractivity contribution in [2.24, 2.45) is 17.1 Å². The first kappa shape index (κ1) is 11.1. The van der Waals surface area contributed by atoms with Gasteiger partial charge in [0.1, 0.15) is 0 Å². The molecular weight excluding hydrogens is 216 g/mol. The van der Waals surface area contributed by atoms with Crippen LogP contribution in [0, 0.1) is 11.3 Å². The largest absolute Gasteiger partial charge is 0.403 e. The Labute approximate surface area is 74.1 Å². The van der Waals surface area contributed by atoms with E-state index in [4.69, 9.17) is 0 Å². The van der Waals surface area contributed by atoms with Gasteiger partial charge in [-0.15, -0.1) is 0 Å². The van der Waals surface area contributed by atoms with Crippen molar-refractivity contribution in [2.45, 2.75) is 18.8 Å². The van der Waals surface area contributed by atoms with E-state index in [-0.39, 0.29) is 0 Å². The molecule has 1 aliphatic rings. The van der Waals surface area contributed by atoms with Gasteiger partial charge in [0.05, 0.1) is 5.92 Å². The third kappa shape index (κ3) is 1.24. The smallest absolute Gasteiger partial charge is 0.369 e. The van der Waals surface area contributed by atoms with Crippen LogP contribution in [0.15, 0.2) is 0 Å². The summed E-state index contributed by atoms with van der Waals surface area (Å²) in [4.78, 5) is 10.3. The van der Waals surface area contributed by atoms with E-state index in [0.29, 0.717) is 0 Å². The summed E-state index contributed by atoms with van der Waals surface area (Å²) in [6.07, 6.45) is -12.3. The summed E-state index contributed by atoms with van der Waals surface area (Å²) in [5.74, 6) is -3.75. The van der Waals surface area contributed by atoms with Gasteiger partial charge in [-0.1, -0.05) is 0 Å². The van der Waals surface area contributed by atoms with Crippen LogP contribution in [0.25, 0.3) is 0 Å². The van der Waals surface area contributed by atoms with E-state index in [1.807, 2.05) is 0 Å². The summed E-state index contributed by atoms with van der Waals surface area (Å²) >= 11 is 0. The second-order valence-electron chi connectivity index (χ2n) is 3.13. The molecule has 1 saturated carbocycles. The molecule has 0 radical (unpaired) electrons. The van der Waals surface area contributed by atoms with Crippen LogP contribution in [0.5, 0.6) is 0 Å². The lowest BCUT2D eigenvalue weighted by molar-refractivity contribution is -0.304. The van der Waals surface area contributed by atoms with E-state index >= 15 is 0 Å². The van der Waals surface area contributed by atoms with Crippen LogP contribution in [0.1, 0.15) is 6.42 Å². The Hall–Kier alpha value is -0.950. The Morgan fingerprint density at radius 1 is 1.14 bits per heavy atom. The van der Waals surface area contributed by atoms with Crippen molar-refractivity contribution in [3.63, 3.8) is 0 Å². The quantitative estimate of drug-likeness (QED) is 0.671. The number of rotatable bonds is 1. The summed E-state index contributed by atoms with van der Waals surface area (Å²) in [5.41, 5.74) is 0.517. The number of primary amides is 1. The number of amides is 1. The molecule has 2 nitrogen and oxygen atoms in total. The topological polar surface area (TPSA) is 43.1 Å². The van der Waals surface area contributed by atoms with Gasteiger partial charge in [-0.05, 0) is 6.42 Å². The van der Waals surface area contributed by atoms with Crippen molar-refractivity contribution in [3.05, 3.63) is 0 Å². The van der Waals surface area contributed by atoms with Crippen molar-refractivity contribution < 1.29 is 31.1 Å². The molecule has 0 bridgehead atoms. The maximum absolute atomic E-state index is 12.1. The second-order valence-corrected chi connectivity index (χ2v) is 3.13. The number of hydrogen-bond acceptors (Lipinski definition) is 1. The molecule has 0 aromatic carbocycles. The third-order valence-electron chi connectivity index (χ3n) is 2.32. The maximum Gasteiger partial charge on any atom is 0.403 e. The lowest BCUT2D eigenvalue weighted by atomic mass is 10.0. The van der Waals surface area contributed by atoms with Gasteiger partial charge in [0.15, 0.2) is 5.41 Å². The number of hydrogen-bond donors (Lipinski definition) is 1. The van der Waals surface area contributed by atoms with Gasteiger partial charge >= 0.3 is 12.4 Å². The number of carbonyl (C=O) groups is 1. The molecule has 8 heteroatoms. The molecule has 1 fully saturated rings. The van der Waals surface area contributed by atoms with Gasteiger partial charge in [0.25, 0.3) is 0 Å². The Morgan fingerprint density at radius 2 is 1.50 bits per heavy atom. The van der Waals surface area contributed by atoms with E-state index in [2.05, 4.69) is 5.73 Å². The van der Waals surface area contributed by atoms with Crippen LogP contribution < -0.4 is 5.73 Å². The fourth-order valence-corrected chi connectivity index (χ4v) is 1.39. The summed E-state index contributed by atoms with van der Waals surface area (Å²) in [6.45, 7) is 0. The van der Waals surface area contributed by atoms with Crippen molar-refractivity contribution in [2.75, 3.05) is 0 Å². The predicted octanol–water partition coefficient (Wildman–Crippen LogP) is 1.60. The van der Waals surface area contributed by atoms with E-state index in [1.165, 1.54) is 0 Å². The SMILES string of the molecule is NC(=O)C1CC1(C(F)(F)F)C(F)(F)F. The average molecular weight is 221 g/mol. The summed E-state index contributed by atoms with van der Waals surface area (Å²) < 4.78 is 72.4. The Kier molecular flexibility index (Phi) is 2.02. The van der Waals surface area contributed by atoms with E-state index < -0.39 is 36.0 Å². The highest BCUT2D eigenvalue weighted by atomic mass is 19.4. The summed E-state index contributed by atoms with van der Waals surface area (Å²) in [6, 6.07) is 0. The fourth-order valence-electron chi connectivity index (χ4n) is 1.39. The molecule has 1 aliphatic carbocycles. The summed E-state index contributed by atoms with van der Waals surface area (Å²) in [5, 5.41) is 0. The lowest BCUT2D eigenvalue weighted by Crippen LogP contribution is -2.42. The van der Waals surface area contributed by atoms with Crippen molar-refractivity contribution in [1.29, 1.82) is 0 Å². The normalized spacial score (nSPS) is 26.0. The van der Waals surface area contributed by atoms with Gasteiger partial charge in [0.2, 0.25) is 5.91 Å². The highest BCUT2D eigenvalue weighted by Gasteiger charge is 2.85. The lowest BCUT2D eigenvalue weighted by Gasteiger charge is -2.23. The summed E-state index contributed by atoms with van der Waals surface area (Å²) in [7, 11) is 0. The van der Waals surface area contributed by atoms with Gasteiger partial charge in [-0.2, -0.15) is 26.3 Å². The van der Waals surface area contributed by atoms with Crippen LogP contribution in [0.2, 0.25) is 0 Å². The van der Waals surface area contributed by atoms with Crippen LogP contribution in [-0.2, 0) is 4.79 Å². The minimum Gasteiger partial charge on any atom is -0.369 e. The molecule has 0 aliphatic heterocycles. The second kappa shape index (κ2) is 2.54. The molecule has 0 saturated heterocycles. The zero-order chi connectivity index (χ0) is 11.4. The number of halogens is 6. The maximum atomic E-state index is 12.1. The first-order chi connectivity index (χ1) is 6.04. The van der Waals surface area contributed by atoms with E-state index in [0.717, 1.165) is 0 Å². The van der Waals surface area contributed by atoms with Crippen molar-refractivity contribution in [3.8, 4) is 0 Å². The number of nitrogens with two attached hydrogens (primary N) is 1. The van der Waals surface area contributed by atoms with Gasteiger partial charge < -0.3 is 5.73 Å². The molecule has 0 heterocycles. The van der Waals surface area contributed by atoms with Crippen LogP contribution in [0.4, 0.5) is 26.3 Å². The molecule has 1 atom stereocenters. The molecule has 1 unspecified atom stereocenters. The standard InChI is InChI=1S/C6H5F6NO/c7-5(8,9)4(6(10,11)12)1-2(4)3(13)14/h2H,1H2,(H2,13,14). The molecule has 14 heavy (non-hydrogen) atoms. The minimum absolute atomic E-state index is 1.30. The Bertz CT molecular complexity index is 252. The van der Waals surface area contributed by atoms with E-state index in [9.17, 15) is 31.1 Å². The molecule has 82 valence electrons. The first-order valence-corrected chi connectivity index (χ1v) is 3.47. The Balaban J connectivity index is 3.05. The molecule has 1 amide bonds. The van der Waals surface area contributed by atoms with Crippen LogP contribution in [0.3, 0.4) is 0 Å². The molecule has 1 rings (SSSR count). The average Bonchev–Trinajstić information content (AvgIpc) is 2.54. The molecule has 0 spiro atoms. The third-order valence-corrected chi connectivity index (χ3v) is 2.32. The van der Waals surface area contributed by atoms with Crippen LogP contribution in [-0.4, -0.2) is 18.3 Å².